The Morgan fingerprint density at radius 3 is 1.28 bits per heavy atom. The normalized spacial score (nSPS) is 19.5. The van der Waals surface area contributed by atoms with E-state index in [-0.39, 0.29) is 12.3 Å². The first-order chi connectivity index (χ1) is 30.5. The molecule has 17 heteroatoms. The van der Waals surface area contributed by atoms with E-state index in [4.69, 9.17) is 23.7 Å². The second kappa shape index (κ2) is 34.1. The Morgan fingerprint density at radius 2 is 0.859 bits per heavy atom. The molecule has 4 amide bonds. The highest BCUT2D eigenvalue weighted by atomic mass is 16.7. The lowest BCUT2D eigenvalue weighted by atomic mass is 9.97. The maximum Gasteiger partial charge on any atom is 0.303 e. The average Bonchev–Trinajstić information content (AvgIpc) is 3.21. The minimum absolute atomic E-state index is 0.285. The maximum absolute atomic E-state index is 13.9. The fourth-order valence-electron chi connectivity index (χ4n) is 7.72. The van der Waals surface area contributed by atoms with Gasteiger partial charge in [-0.25, -0.2) is 0 Å². The lowest BCUT2D eigenvalue weighted by molar-refractivity contribution is -0.257. The van der Waals surface area contributed by atoms with Gasteiger partial charge in [0.25, 0.3) is 0 Å². The van der Waals surface area contributed by atoms with Crippen molar-refractivity contribution in [1.82, 2.24) is 21.3 Å². The predicted molar refractivity (Wildman–Crippen MR) is 240 cm³/mol. The summed E-state index contributed by atoms with van der Waals surface area (Å²) in [4.78, 5) is 102. The number of unbranched alkanes of at least 4 members (excludes halogenated alkanes) is 18. The number of amides is 4. The summed E-state index contributed by atoms with van der Waals surface area (Å²) in [6.07, 6.45) is 15.3. The van der Waals surface area contributed by atoms with E-state index in [2.05, 4.69) is 35.1 Å². The number of esters is 4. The summed E-state index contributed by atoms with van der Waals surface area (Å²) >= 11 is 0. The molecule has 4 N–H and O–H groups in total. The number of nitrogens with one attached hydrogen (secondary N) is 4. The third kappa shape index (κ3) is 25.9. The summed E-state index contributed by atoms with van der Waals surface area (Å²) in [6, 6.07) is -3.13. The maximum atomic E-state index is 13.9. The Bertz CT molecular complexity index is 1430. The Morgan fingerprint density at radius 1 is 0.469 bits per heavy atom. The first-order valence-electron chi connectivity index (χ1n) is 24.0. The highest BCUT2D eigenvalue weighted by Crippen LogP contribution is 2.28. The Labute approximate surface area is 382 Å². The number of hydrogen-bond donors (Lipinski definition) is 4. The quantitative estimate of drug-likeness (QED) is 0.0316. The second-order valence-electron chi connectivity index (χ2n) is 17.1. The molecule has 1 fully saturated rings. The van der Waals surface area contributed by atoms with Gasteiger partial charge >= 0.3 is 23.9 Å². The molecule has 0 aliphatic carbocycles. The van der Waals surface area contributed by atoms with Crippen LogP contribution < -0.4 is 21.3 Å². The van der Waals surface area contributed by atoms with E-state index in [9.17, 15) is 38.4 Å². The van der Waals surface area contributed by atoms with Gasteiger partial charge < -0.3 is 45.0 Å². The van der Waals surface area contributed by atoms with Crippen LogP contribution in [0.2, 0.25) is 0 Å². The van der Waals surface area contributed by atoms with E-state index in [1.54, 1.807) is 0 Å². The van der Waals surface area contributed by atoms with E-state index in [1.807, 2.05) is 0 Å². The average molecular weight is 911 g/mol. The monoisotopic (exact) mass is 911 g/mol. The number of hydrogen-bond acceptors (Lipinski definition) is 13. The third-order valence-corrected chi connectivity index (χ3v) is 11.0. The third-order valence-electron chi connectivity index (χ3n) is 11.0. The van der Waals surface area contributed by atoms with Gasteiger partial charge in [-0.3, -0.25) is 38.4 Å². The molecule has 368 valence electrons. The molecule has 1 unspecified atom stereocenters. The van der Waals surface area contributed by atoms with Crippen LogP contribution in [0.1, 0.15) is 197 Å². The highest BCUT2D eigenvalue weighted by molar-refractivity contribution is 5.94. The van der Waals surface area contributed by atoms with Gasteiger partial charge in [0.05, 0.1) is 0 Å². The summed E-state index contributed by atoms with van der Waals surface area (Å²) in [5.41, 5.74) is 0. The second-order valence-corrected chi connectivity index (χ2v) is 17.1. The molecule has 1 saturated heterocycles. The number of rotatable bonds is 34. The van der Waals surface area contributed by atoms with Gasteiger partial charge in [0.2, 0.25) is 23.6 Å². The van der Waals surface area contributed by atoms with Crippen molar-refractivity contribution in [3.05, 3.63) is 0 Å². The molecule has 0 aromatic carbocycles. The van der Waals surface area contributed by atoms with E-state index < -0.39 is 97.0 Å². The lowest BCUT2D eigenvalue weighted by Gasteiger charge is -2.44. The minimum atomic E-state index is -1.55. The van der Waals surface area contributed by atoms with Gasteiger partial charge in [-0.1, -0.05) is 142 Å². The van der Waals surface area contributed by atoms with Crippen molar-refractivity contribution in [3.63, 3.8) is 0 Å². The molecule has 0 spiro atoms. The van der Waals surface area contributed by atoms with Gasteiger partial charge in [0.1, 0.15) is 30.8 Å². The highest BCUT2D eigenvalue weighted by Gasteiger charge is 2.53. The lowest BCUT2D eigenvalue weighted by Crippen LogP contribution is -2.67. The van der Waals surface area contributed by atoms with Crippen molar-refractivity contribution < 1.29 is 62.0 Å². The zero-order valence-corrected chi connectivity index (χ0v) is 40.2. The van der Waals surface area contributed by atoms with Crippen molar-refractivity contribution in [1.29, 1.82) is 0 Å². The minimum Gasteiger partial charge on any atom is -0.463 e. The first-order valence-corrected chi connectivity index (χ1v) is 24.0. The molecular formula is C47H82N4O13. The molecular weight excluding hydrogens is 829 g/mol. The zero-order valence-electron chi connectivity index (χ0n) is 40.2. The predicted octanol–water partition coefficient (Wildman–Crippen LogP) is 6.30. The van der Waals surface area contributed by atoms with E-state index in [0.717, 1.165) is 79.1 Å². The summed E-state index contributed by atoms with van der Waals surface area (Å²) in [6.45, 7) is 11.1. The van der Waals surface area contributed by atoms with Crippen molar-refractivity contribution >= 4 is 47.5 Å². The zero-order chi connectivity index (χ0) is 47.9. The molecule has 0 bridgehead atoms. The van der Waals surface area contributed by atoms with Crippen LogP contribution in [0.15, 0.2) is 0 Å². The summed E-state index contributed by atoms with van der Waals surface area (Å²) in [5.74, 6) is -5.48. The number of ether oxygens (including phenoxy) is 5. The molecule has 17 nitrogen and oxygen atoms in total. The van der Waals surface area contributed by atoms with Crippen LogP contribution in [0.3, 0.4) is 0 Å². The van der Waals surface area contributed by atoms with Crippen molar-refractivity contribution in [2.75, 3.05) is 6.61 Å². The standard InChI is InChI=1S/C47H82N4O13/c1-9-11-13-15-17-19-21-23-25-27-29-38(49-33(4)52)46(59)50-39(30-28-26-24-22-20-18-16-14-12-10-2)45(58)48-32(3)44(57)51-47-43(63-37(8)56)42(62-36(7)55)41(61-35(6)54)40(64-47)31-60-34(5)53/h32,38-43,47H,9-31H2,1-8H3,(H,48,58)(H,49,52)(H,50,59)(H,51,57)/t32?,38-,39-,40-,41-,42+,43-,47-/m1/s1. The Balaban J connectivity index is 3.18. The van der Waals surface area contributed by atoms with Crippen LogP contribution in [0.4, 0.5) is 0 Å². The largest absolute Gasteiger partial charge is 0.463 e. The molecule has 0 aromatic heterocycles. The fourth-order valence-corrected chi connectivity index (χ4v) is 7.72. The molecule has 0 radical (unpaired) electrons. The SMILES string of the molecule is CCCCCCCCCCCC[C@@H](NC(C)=O)C(=O)N[C@H](CCCCCCCCCCCC)C(=O)NC(C)C(=O)N[C@@H]1O[C@H](COC(C)=O)[C@@H](OC(C)=O)[C@H](OC(C)=O)[C@H]1OC(C)=O. The van der Waals surface area contributed by atoms with Gasteiger partial charge in [0, 0.05) is 34.6 Å². The van der Waals surface area contributed by atoms with Crippen LogP contribution >= 0.6 is 0 Å². The van der Waals surface area contributed by atoms with E-state index in [1.165, 1.54) is 84.5 Å². The molecule has 64 heavy (non-hydrogen) atoms. The summed E-state index contributed by atoms with van der Waals surface area (Å²) in [5, 5.41) is 10.9. The van der Waals surface area contributed by atoms with Gasteiger partial charge in [0.15, 0.2) is 24.5 Å². The van der Waals surface area contributed by atoms with Crippen LogP contribution in [-0.4, -0.2) is 103 Å². The van der Waals surface area contributed by atoms with Crippen LogP contribution in [0, 0.1) is 0 Å². The smallest absolute Gasteiger partial charge is 0.303 e. The van der Waals surface area contributed by atoms with Gasteiger partial charge in [-0.05, 0) is 19.8 Å². The summed E-state index contributed by atoms with van der Waals surface area (Å²) in [7, 11) is 0. The Hall–Kier alpha value is -4.28. The molecule has 8 atom stereocenters. The topological polar surface area (TPSA) is 231 Å². The van der Waals surface area contributed by atoms with Crippen LogP contribution in [0.5, 0.6) is 0 Å². The van der Waals surface area contributed by atoms with Crippen molar-refractivity contribution in [2.45, 2.75) is 245 Å². The van der Waals surface area contributed by atoms with E-state index >= 15 is 0 Å². The molecule has 1 aliphatic heterocycles. The molecule has 1 heterocycles. The van der Waals surface area contributed by atoms with E-state index in [0.29, 0.717) is 12.8 Å². The van der Waals surface area contributed by atoms with Crippen molar-refractivity contribution in [3.8, 4) is 0 Å². The Kier molecular flexibility index (Phi) is 30.8. The van der Waals surface area contributed by atoms with Crippen molar-refractivity contribution in [2.24, 2.45) is 0 Å². The summed E-state index contributed by atoms with van der Waals surface area (Å²) < 4.78 is 27.4. The molecule has 1 rings (SSSR count). The number of carbonyl (C=O) groups excluding carboxylic acids is 8. The van der Waals surface area contributed by atoms with Gasteiger partial charge in [-0.2, -0.15) is 0 Å². The number of carbonyl (C=O) groups is 8. The molecule has 0 aromatic rings. The van der Waals surface area contributed by atoms with Gasteiger partial charge in [-0.15, -0.1) is 0 Å². The first kappa shape index (κ1) is 57.7. The van der Waals surface area contributed by atoms with Crippen LogP contribution in [-0.2, 0) is 62.0 Å². The molecule has 1 aliphatic rings. The fraction of sp³-hybridized carbons (Fsp3) is 0.830. The molecule has 0 saturated carbocycles. The van der Waals surface area contributed by atoms with Crippen LogP contribution in [0.25, 0.3) is 0 Å².